The second kappa shape index (κ2) is 5.12. The van der Waals surface area contributed by atoms with Crippen molar-refractivity contribution in [2.45, 2.75) is 12.5 Å². The van der Waals surface area contributed by atoms with E-state index in [0.717, 1.165) is 0 Å². The SMILES string of the molecule is Br[SiH](Br)CCc1ccccc1. The van der Waals surface area contributed by atoms with Gasteiger partial charge in [-0.15, -0.1) is 30.6 Å². The van der Waals surface area contributed by atoms with Crippen molar-refractivity contribution in [1.29, 1.82) is 0 Å². The zero-order valence-corrected chi connectivity index (χ0v) is 10.5. The van der Waals surface area contributed by atoms with Crippen LogP contribution in [0.25, 0.3) is 0 Å². The summed E-state index contributed by atoms with van der Waals surface area (Å²) in [6, 6.07) is 11.1. The number of benzene rings is 1. The van der Waals surface area contributed by atoms with Gasteiger partial charge < -0.3 is 0 Å². The Morgan fingerprint density at radius 2 is 1.73 bits per heavy atom. The molecule has 0 radical (unpaired) electrons. The third-order valence-electron chi connectivity index (χ3n) is 1.49. The van der Waals surface area contributed by atoms with Crippen molar-refractivity contribution < 1.29 is 0 Å². The lowest BCUT2D eigenvalue weighted by atomic mass is 10.2. The lowest BCUT2D eigenvalue weighted by molar-refractivity contribution is 1.13. The molecular weight excluding hydrogens is 284 g/mol. The molecule has 0 aliphatic carbocycles. The summed E-state index contributed by atoms with van der Waals surface area (Å²) >= 11 is 7.17. The van der Waals surface area contributed by atoms with Crippen LogP contribution in [-0.2, 0) is 6.42 Å². The predicted molar refractivity (Wildman–Crippen MR) is 60.0 cm³/mol. The van der Waals surface area contributed by atoms with Gasteiger partial charge in [0.2, 0.25) is 0 Å². The van der Waals surface area contributed by atoms with Crippen LogP contribution in [0.5, 0.6) is 0 Å². The summed E-state index contributed by atoms with van der Waals surface area (Å²) in [6.45, 7) is 0. The highest BCUT2D eigenvalue weighted by Gasteiger charge is 1.99. The molecule has 0 N–H and O–H groups in total. The van der Waals surface area contributed by atoms with E-state index in [0.29, 0.717) is 0 Å². The summed E-state index contributed by atoms with van der Waals surface area (Å²) in [7, 11) is 0. The minimum absolute atomic E-state index is 0.715. The molecule has 0 amide bonds. The molecule has 0 aromatic heterocycles. The summed E-state index contributed by atoms with van der Waals surface area (Å²) in [5, 5.41) is 0. The lowest BCUT2D eigenvalue weighted by Crippen LogP contribution is -1.93. The fourth-order valence-electron chi connectivity index (χ4n) is 0.920. The van der Waals surface area contributed by atoms with Gasteiger partial charge in [-0.25, -0.2) is 0 Å². The molecule has 1 aromatic carbocycles. The summed E-state index contributed by atoms with van der Waals surface area (Å²) in [6.07, 6.45) is 1.19. The molecule has 0 nitrogen and oxygen atoms in total. The number of aryl methyl sites for hydroxylation is 1. The molecule has 0 bridgehead atoms. The van der Waals surface area contributed by atoms with Gasteiger partial charge in [-0.1, -0.05) is 30.3 Å². The molecule has 1 aromatic rings. The fourth-order valence-corrected chi connectivity index (χ4v) is 2.85. The van der Waals surface area contributed by atoms with Crippen molar-refractivity contribution in [3.8, 4) is 0 Å². The normalized spacial score (nSPS) is 10.5. The largest absolute Gasteiger partial charge is 0.186 e. The first-order valence-corrected chi connectivity index (χ1v) is 10.8. The zero-order chi connectivity index (χ0) is 8.10. The first-order chi connectivity index (χ1) is 5.29. The van der Waals surface area contributed by atoms with Crippen LogP contribution in [-0.4, -0.2) is 6.04 Å². The van der Waals surface area contributed by atoms with Crippen molar-refractivity contribution in [1.82, 2.24) is 0 Å². The van der Waals surface area contributed by atoms with Crippen molar-refractivity contribution >= 4 is 36.6 Å². The topological polar surface area (TPSA) is 0 Å². The van der Waals surface area contributed by atoms with Crippen LogP contribution < -0.4 is 0 Å². The van der Waals surface area contributed by atoms with Crippen LogP contribution in [0.15, 0.2) is 30.3 Å². The van der Waals surface area contributed by atoms with Gasteiger partial charge in [0.1, 0.15) is 0 Å². The van der Waals surface area contributed by atoms with Gasteiger partial charge in [-0.05, 0) is 18.0 Å². The van der Waals surface area contributed by atoms with Crippen LogP contribution in [0, 0.1) is 0 Å². The Bertz CT molecular complexity index is 199. The second-order valence-corrected chi connectivity index (χ2v) is 14.1. The van der Waals surface area contributed by atoms with Crippen LogP contribution in [0.1, 0.15) is 5.56 Å². The van der Waals surface area contributed by atoms with Gasteiger partial charge in [0.05, 0.1) is 0 Å². The number of hydrogen-bond acceptors (Lipinski definition) is 0. The van der Waals surface area contributed by atoms with Gasteiger partial charge in [0.15, 0.2) is 6.04 Å². The standard InChI is InChI=1S/C8H10Br2Si/c9-11(10)7-6-8-4-2-1-3-5-8/h1-5,11H,6-7H2. The predicted octanol–water partition coefficient (Wildman–Crippen LogP) is 3.24. The zero-order valence-electron chi connectivity index (χ0n) is 6.13. The first-order valence-electron chi connectivity index (χ1n) is 3.61. The van der Waals surface area contributed by atoms with Gasteiger partial charge in [-0.3, -0.25) is 0 Å². The molecule has 0 aliphatic rings. The lowest BCUT2D eigenvalue weighted by Gasteiger charge is -1.99. The average molecular weight is 294 g/mol. The first kappa shape index (κ1) is 9.48. The van der Waals surface area contributed by atoms with Crippen LogP contribution in [0.3, 0.4) is 0 Å². The Kier molecular flexibility index (Phi) is 4.41. The summed E-state index contributed by atoms with van der Waals surface area (Å²) < 4.78 is 0. The highest BCUT2D eigenvalue weighted by Crippen LogP contribution is 2.12. The van der Waals surface area contributed by atoms with E-state index < -0.39 is 6.04 Å². The Morgan fingerprint density at radius 1 is 1.09 bits per heavy atom. The monoisotopic (exact) mass is 292 g/mol. The third-order valence-corrected chi connectivity index (χ3v) is 4.97. The Labute approximate surface area is 84.8 Å². The average Bonchev–Trinajstić information content (AvgIpc) is 2.03. The van der Waals surface area contributed by atoms with E-state index in [4.69, 9.17) is 0 Å². The van der Waals surface area contributed by atoms with Crippen molar-refractivity contribution in [2.24, 2.45) is 0 Å². The van der Waals surface area contributed by atoms with Gasteiger partial charge in [-0.2, -0.15) is 0 Å². The van der Waals surface area contributed by atoms with Crippen molar-refractivity contribution in [3.05, 3.63) is 35.9 Å². The molecule has 0 aliphatic heterocycles. The van der Waals surface area contributed by atoms with Gasteiger partial charge in [0.25, 0.3) is 0 Å². The Morgan fingerprint density at radius 3 is 2.27 bits per heavy atom. The summed E-state index contributed by atoms with van der Waals surface area (Å²) in [5.74, 6) is 0. The minimum atomic E-state index is -0.715. The van der Waals surface area contributed by atoms with E-state index in [1.165, 1.54) is 18.0 Å². The maximum atomic E-state index is 3.59. The number of halogens is 2. The molecule has 1 rings (SSSR count). The molecule has 0 saturated carbocycles. The van der Waals surface area contributed by atoms with E-state index in [1.54, 1.807) is 0 Å². The maximum Gasteiger partial charge on any atom is 0.186 e. The van der Waals surface area contributed by atoms with Gasteiger partial charge in [0, 0.05) is 0 Å². The van der Waals surface area contributed by atoms with Crippen LogP contribution in [0.2, 0.25) is 6.04 Å². The minimum Gasteiger partial charge on any atom is -0.116 e. The highest BCUT2D eigenvalue weighted by atomic mass is 79.9. The molecular formula is C8H10Br2Si. The third kappa shape index (κ3) is 4.08. The van der Waals surface area contributed by atoms with E-state index >= 15 is 0 Å². The van der Waals surface area contributed by atoms with Crippen molar-refractivity contribution in [3.63, 3.8) is 0 Å². The van der Waals surface area contributed by atoms with Crippen LogP contribution in [0.4, 0.5) is 0 Å². The smallest absolute Gasteiger partial charge is 0.116 e. The fraction of sp³-hybridized carbons (Fsp3) is 0.250. The quantitative estimate of drug-likeness (QED) is 0.593. The number of rotatable bonds is 3. The van der Waals surface area contributed by atoms with E-state index in [-0.39, 0.29) is 0 Å². The molecule has 0 fully saturated rings. The molecule has 0 unspecified atom stereocenters. The molecule has 0 saturated heterocycles. The van der Waals surface area contributed by atoms with Gasteiger partial charge >= 0.3 is 0 Å². The van der Waals surface area contributed by atoms with E-state index in [9.17, 15) is 0 Å². The maximum absolute atomic E-state index is 3.59. The molecule has 0 spiro atoms. The molecule has 11 heavy (non-hydrogen) atoms. The van der Waals surface area contributed by atoms with Crippen LogP contribution >= 0.6 is 30.6 Å². The molecule has 0 heterocycles. The molecule has 0 atom stereocenters. The van der Waals surface area contributed by atoms with E-state index in [2.05, 4.69) is 60.9 Å². The van der Waals surface area contributed by atoms with Crippen molar-refractivity contribution in [2.75, 3.05) is 0 Å². The highest BCUT2D eigenvalue weighted by molar-refractivity contribution is 9.49. The number of hydrogen-bond donors (Lipinski definition) is 0. The molecule has 60 valence electrons. The Hall–Kier alpha value is 0.397. The van der Waals surface area contributed by atoms with E-state index in [1.807, 2.05) is 0 Å². The summed E-state index contributed by atoms with van der Waals surface area (Å²) in [4.78, 5) is 0. The molecule has 3 heteroatoms. The summed E-state index contributed by atoms with van der Waals surface area (Å²) in [5.41, 5.74) is 1.43. The Balaban J connectivity index is 2.39. The second-order valence-electron chi connectivity index (χ2n) is 2.42.